The second-order valence-electron chi connectivity index (χ2n) is 5.69. The Labute approximate surface area is 102 Å². The van der Waals surface area contributed by atoms with Crippen LogP contribution in [0.3, 0.4) is 0 Å². The van der Waals surface area contributed by atoms with Crippen molar-refractivity contribution in [3.8, 4) is 0 Å². The Bertz CT molecular complexity index is 147. The Kier molecular flexibility index (Phi) is 7.11. The first-order valence-corrected chi connectivity index (χ1v) is 7.54. The van der Waals surface area contributed by atoms with Crippen molar-refractivity contribution in [2.75, 3.05) is 13.1 Å². The zero-order chi connectivity index (χ0) is 11.7. The molecular formula is C15H31N. The van der Waals surface area contributed by atoms with E-state index in [4.69, 9.17) is 0 Å². The molecule has 1 aliphatic rings. The summed E-state index contributed by atoms with van der Waals surface area (Å²) in [5, 5.41) is 3.67. The minimum atomic E-state index is 0.669. The van der Waals surface area contributed by atoms with E-state index in [1.807, 2.05) is 0 Å². The first-order valence-electron chi connectivity index (χ1n) is 7.54. The average molecular weight is 225 g/mol. The summed E-state index contributed by atoms with van der Waals surface area (Å²) in [4.78, 5) is 0. The lowest BCUT2D eigenvalue weighted by atomic mass is 9.71. The molecular weight excluding hydrogens is 194 g/mol. The van der Waals surface area contributed by atoms with E-state index in [1.54, 1.807) is 0 Å². The van der Waals surface area contributed by atoms with Crippen LogP contribution in [0.1, 0.15) is 78.1 Å². The minimum absolute atomic E-state index is 0.669. The number of nitrogens with one attached hydrogen (secondary N) is 1. The van der Waals surface area contributed by atoms with Crippen molar-refractivity contribution in [3.63, 3.8) is 0 Å². The molecule has 0 spiro atoms. The van der Waals surface area contributed by atoms with Gasteiger partial charge in [-0.25, -0.2) is 0 Å². The van der Waals surface area contributed by atoms with Gasteiger partial charge in [0.15, 0.2) is 0 Å². The predicted molar refractivity (Wildman–Crippen MR) is 72.8 cm³/mol. The van der Waals surface area contributed by atoms with Crippen molar-refractivity contribution in [2.45, 2.75) is 78.1 Å². The van der Waals surface area contributed by atoms with Crippen LogP contribution in [-0.2, 0) is 0 Å². The van der Waals surface area contributed by atoms with Crippen LogP contribution in [0.4, 0.5) is 0 Å². The van der Waals surface area contributed by atoms with Gasteiger partial charge in [-0.1, -0.05) is 52.4 Å². The third-order valence-corrected chi connectivity index (χ3v) is 4.15. The zero-order valence-electron chi connectivity index (χ0n) is 11.5. The van der Waals surface area contributed by atoms with Gasteiger partial charge >= 0.3 is 0 Å². The number of rotatable bonds is 8. The van der Waals surface area contributed by atoms with Gasteiger partial charge in [0.05, 0.1) is 0 Å². The molecule has 16 heavy (non-hydrogen) atoms. The smallest absolute Gasteiger partial charge is 0.000780 e. The summed E-state index contributed by atoms with van der Waals surface area (Å²) in [6, 6.07) is 0. The third-order valence-electron chi connectivity index (χ3n) is 4.15. The van der Waals surface area contributed by atoms with E-state index in [1.165, 1.54) is 77.3 Å². The maximum Gasteiger partial charge on any atom is 0.000780 e. The molecule has 1 nitrogen and oxygen atoms in total. The van der Waals surface area contributed by atoms with Crippen molar-refractivity contribution in [1.82, 2.24) is 5.32 Å². The van der Waals surface area contributed by atoms with Crippen LogP contribution in [0, 0.1) is 5.41 Å². The summed E-state index contributed by atoms with van der Waals surface area (Å²) in [6.07, 6.45) is 14.4. The second-order valence-corrected chi connectivity index (χ2v) is 5.69. The van der Waals surface area contributed by atoms with Crippen molar-refractivity contribution in [2.24, 2.45) is 5.41 Å². The maximum absolute atomic E-state index is 3.67. The fourth-order valence-electron chi connectivity index (χ4n) is 3.10. The summed E-state index contributed by atoms with van der Waals surface area (Å²) in [5.41, 5.74) is 0.669. The molecule has 1 saturated carbocycles. The molecule has 0 amide bonds. The van der Waals surface area contributed by atoms with Gasteiger partial charge in [-0.15, -0.1) is 0 Å². The lowest BCUT2D eigenvalue weighted by Gasteiger charge is -2.38. The predicted octanol–water partition coefficient (Wildman–Crippen LogP) is 4.52. The molecule has 0 aromatic heterocycles. The molecule has 1 fully saturated rings. The molecule has 0 saturated heterocycles. The topological polar surface area (TPSA) is 12.0 Å². The molecule has 0 heterocycles. The minimum Gasteiger partial charge on any atom is -0.316 e. The zero-order valence-corrected chi connectivity index (χ0v) is 11.5. The highest BCUT2D eigenvalue weighted by molar-refractivity contribution is 4.84. The molecule has 0 unspecified atom stereocenters. The Morgan fingerprint density at radius 1 is 0.938 bits per heavy atom. The fraction of sp³-hybridized carbons (Fsp3) is 1.00. The van der Waals surface area contributed by atoms with E-state index < -0.39 is 0 Å². The van der Waals surface area contributed by atoms with Gasteiger partial charge in [0.1, 0.15) is 0 Å². The summed E-state index contributed by atoms with van der Waals surface area (Å²) < 4.78 is 0. The van der Waals surface area contributed by atoms with Crippen LogP contribution in [0.25, 0.3) is 0 Å². The van der Waals surface area contributed by atoms with Gasteiger partial charge in [0.2, 0.25) is 0 Å². The highest BCUT2D eigenvalue weighted by atomic mass is 14.9. The van der Waals surface area contributed by atoms with E-state index >= 15 is 0 Å². The molecule has 0 aliphatic heterocycles. The van der Waals surface area contributed by atoms with Crippen molar-refractivity contribution >= 4 is 0 Å². The van der Waals surface area contributed by atoms with Crippen molar-refractivity contribution < 1.29 is 0 Å². The Balaban J connectivity index is 2.33. The standard InChI is InChI=1S/C15H31N/c1-3-5-7-10-15(14-16-13-4-2)11-8-6-9-12-15/h16H,3-14H2,1-2H3. The summed E-state index contributed by atoms with van der Waals surface area (Å²) in [6.45, 7) is 7.06. The van der Waals surface area contributed by atoms with Crippen LogP contribution in [0.5, 0.6) is 0 Å². The van der Waals surface area contributed by atoms with E-state index in [2.05, 4.69) is 19.2 Å². The van der Waals surface area contributed by atoms with E-state index in [9.17, 15) is 0 Å². The monoisotopic (exact) mass is 225 g/mol. The van der Waals surface area contributed by atoms with Gasteiger partial charge in [-0.2, -0.15) is 0 Å². The molecule has 1 heteroatoms. The highest BCUT2D eigenvalue weighted by Gasteiger charge is 2.30. The van der Waals surface area contributed by atoms with Gasteiger partial charge in [-0.3, -0.25) is 0 Å². The second kappa shape index (κ2) is 8.11. The Hall–Kier alpha value is -0.0400. The molecule has 1 rings (SSSR count). The molecule has 0 radical (unpaired) electrons. The lowest BCUT2D eigenvalue weighted by Crippen LogP contribution is -2.36. The molecule has 1 N–H and O–H groups in total. The quantitative estimate of drug-likeness (QED) is 0.599. The van der Waals surface area contributed by atoms with Crippen LogP contribution >= 0.6 is 0 Å². The highest BCUT2D eigenvalue weighted by Crippen LogP contribution is 2.40. The van der Waals surface area contributed by atoms with Crippen LogP contribution in [-0.4, -0.2) is 13.1 Å². The molecule has 0 aromatic carbocycles. The first kappa shape index (κ1) is 14.0. The van der Waals surface area contributed by atoms with E-state index in [0.717, 1.165) is 0 Å². The van der Waals surface area contributed by atoms with Crippen LogP contribution in [0.2, 0.25) is 0 Å². The first-order chi connectivity index (χ1) is 7.83. The van der Waals surface area contributed by atoms with Crippen LogP contribution in [0.15, 0.2) is 0 Å². The van der Waals surface area contributed by atoms with Gasteiger partial charge in [-0.05, 0) is 37.6 Å². The van der Waals surface area contributed by atoms with E-state index in [0.29, 0.717) is 5.41 Å². The summed E-state index contributed by atoms with van der Waals surface area (Å²) in [5.74, 6) is 0. The van der Waals surface area contributed by atoms with Crippen LogP contribution < -0.4 is 5.32 Å². The van der Waals surface area contributed by atoms with Gasteiger partial charge in [0.25, 0.3) is 0 Å². The van der Waals surface area contributed by atoms with Gasteiger partial charge in [0, 0.05) is 6.54 Å². The Morgan fingerprint density at radius 2 is 1.69 bits per heavy atom. The maximum atomic E-state index is 3.67. The third kappa shape index (κ3) is 4.86. The summed E-state index contributed by atoms with van der Waals surface area (Å²) in [7, 11) is 0. The largest absolute Gasteiger partial charge is 0.316 e. The number of unbranched alkanes of at least 4 members (excludes halogenated alkanes) is 2. The molecule has 96 valence electrons. The average Bonchev–Trinajstić information content (AvgIpc) is 2.31. The molecule has 1 aliphatic carbocycles. The number of hydrogen-bond donors (Lipinski definition) is 1. The van der Waals surface area contributed by atoms with Crippen molar-refractivity contribution in [1.29, 1.82) is 0 Å². The number of hydrogen-bond acceptors (Lipinski definition) is 1. The molecule has 0 aromatic rings. The normalized spacial score (nSPS) is 19.9. The summed E-state index contributed by atoms with van der Waals surface area (Å²) >= 11 is 0. The van der Waals surface area contributed by atoms with E-state index in [-0.39, 0.29) is 0 Å². The lowest BCUT2D eigenvalue weighted by molar-refractivity contribution is 0.162. The Morgan fingerprint density at radius 3 is 2.31 bits per heavy atom. The van der Waals surface area contributed by atoms with Gasteiger partial charge < -0.3 is 5.32 Å². The molecule has 0 bridgehead atoms. The SMILES string of the molecule is CCCCCC1(CNCCC)CCCCC1. The van der Waals surface area contributed by atoms with Crippen molar-refractivity contribution in [3.05, 3.63) is 0 Å². The molecule has 0 atom stereocenters. The fourth-order valence-corrected chi connectivity index (χ4v) is 3.10.